The minimum atomic E-state index is -1.11. The number of ether oxygens (including phenoxy) is 1. The highest BCUT2D eigenvalue weighted by Crippen LogP contribution is 2.32. The number of hydrogen-bond donors (Lipinski definition) is 1. The molecule has 0 fully saturated rings. The molecule has 0 saturated carbocycles. The smallest absolute Gasteiger partial charge is 0.341 e. The molecular weight excluding hydrogens is 343 g/mol. The number of carbonyl (C=O) groups excluding carboxylic acids is 1. The van der Waals surface area contributed by atoms with E-state index in [1.165, 1.54) is 18.4 Å². The van der Waals surface area contributed by atoms with Gasteiger partial charge in [0.1, 0.15) is 18.0 Å². The Morgan fingerprint density at radius 3 is 2.56 bits per heavy atom. The molecular formula is C23H27FO3. The fourth-order valence-electron chi connectivity index (χ4n) is 3.58. The van der Waals surface area contributed by atoms with Crippen LogP contribution < -0.4 is 0 Å². The van der Waals surface area contributed by atoms with Gasteiger partial charge in [-0.25, -0.2) is 9.18 Å². The molecule has 2 aromatic carbocycles. The molecule has 0 radical (unpaired) electrons. The largest absolute Gasteiger partial charge is 0.458 e. The molecule has 1 aliphatic heterocycles. The van der Waals surface area contributed by atoms with Crippen molar-refractivity contribution in [2.24, 2.45) is 0 Å². The van der Waals surface area contributed by atoms with Crippen molar-refractivity contribution in [2.75, 3.05) is 0 Å². The molecule has 1 N–H and O–H groups in total. The van der Waals surface area contributed by atoms with Gasteiger partial charge in [-0.15, -0.1) is 0 Å². The highest BCUT2D eigenvalue weighted by atomic mass is 19.1. The number of rotatable bonds is 7. The summed E-state index contributed by atoms with van der Waals surface area (Å²) in [6, 6.07) is 10.9. The second kappa shape index (κ2) is 8.66. The third-order valence-electron chi connectivity index (χ3n) is 5.30. The molecule has 0 spiro atoms. The summed E-state index contributed by atoms with van der Waals surface area (Å²) in [6.45, 7) is 4.11. The molecule has 1 heterocycles. The molecule has 3 nitrogen and oxygen atoms in total. The van der Waals surface area contributed by atoms with Crippen molar-refractivity contribution in [2.45, 2.75) is 64.6 Å². The molecule has 0 saturated heterocycles. The van der Waals surface area contributed by atoms with Crippen molar-refractivity contribution < 1.29 is 19.0 Å². The van der Waals surface area contributed by atoms with Crippen LogP contribution in [0, 0.1) is 5.82 Å². The summed E-state index contributed by atoms with van der Waals surface area (Å²) in [5.74, 6) is -1.31. The summed E-state index contributed by atoms with van der Waals surface area (Å²) in [6.07, 6.45) is 4.40. The van der Waals surface area contributed by atoms with Gasteiger partial charge in [0.2, 0.25) is 0 Å². The minimum Gasteiger partial charge on any atom is -0.458 e. The molecule has 4 heteroatoms. The number of carbonyl (C=O) groups is 1. The number of aliphatic hydroxyl groups excluding tert-OH is 1. The van der Waals surface area contributed by atoms with Gasteiger partial charge in [-0.1, -0.05) is 63.1 Å². The van der Waals surface area contributed by atoms with E-state index in [4.69, 9.17) is 4.74 Å². The summed E-state index contributed by atoms with van der Waals surface area (Å²) in [7, 11) is 0. The van der Waals surface area contributed by atoms with Crippen LogP contribution in [-0.4, -0.2) is 17.2 Å². The van der Waals surface area contributed by atoms with Crippen molar-refractivity contribution >= 4 is 5.97 Å². The average molecular weight is 370 g/mol. The third kappa shape index (κ3) is 4.22. The fraction of sp³-hybridized carbons (Fsp3) is 0.435. The number of aryl methyl sites for hydroxylation is 1. The quantitative estimate of drug-likeness (QED) is 0.543. The second-order valence-electron chi connectivity index (χ2n) is 7.24. The van der Waals surface area contributed by atoms with E-state index >= 15 is 0 Å². The first-order valence-electron chi connectivity index (χ1n) is 9.84. The van der Waals surface area contributed by atoms with Crippen LogP contribution in [0.25, 0.3) is 0 Å². The Hall–Kier alpha value is -2.20. The van der Waals surface area contributed by atoms with Crippen molar-refractivity contribution in [1.82, 2.24) is 0 Å². The average Bonchev–Trinajstić information content (AvgIpc) is 2.68. The minimum absolute atomic E-state index is 0.0348. The predicted octanol–water partition coefficient (Wildman–Crippen LogP) is 5.13. The molecule has 2 atom stereocenters. The first-order chi connectivity index (χ1) is 13.0. The lowest BCUT2D eigenvalue weighted by molar-refractivity contribution is 0.0241. The van der Waals surface area contributed by atoms with Crippen LogP contribution in [0.3, 0.4) is 0 Å². The van der Waals surface area contributed by atoms with Gasteiger partial charge in [0.15, 0.2) is 0 Å². The molecule has 0 bridgehead atoms. The van der Waals surface area contributed by atoms with Gasteiger partial charge in [0.05, 0.1) is 5.56 Å². The summed E-state index contributed by atoms with van der Waals surface area (Å²) < 4.78 is 20.3. The molecule has 0 amide bonds. The van der Waals surface area contributed by atoms with E-state index in [9.17, 15) is 14.3 Å². The molecule has 3 rings (SSSR count). The molecule has 27 heavy (non-hydrogen) atoms. The Kier molecular flexibility index (Phi) is 6.27. The second-order valence-corrected chi connectivity index (χ2v) is 7.24. The van der Waals surface area contributed by atoms with Crippen molar-refractivity contribution in [1.29, 1.82) is 0 Å². The molecule has 0 aromatic heterocycles. The monoisotopic (exact) mass is 370 g/mol. The number of unbranched alkanes of at least 4 members (excludes halogenated alkanes) is 2. The van der Waals surface area contributed by atoms with Crippen LogP contribution in [0.5, 0.6) is 0 Å². The lowest BCUT2D eigenvalue weighted by Gasteiger charge is -2.25. The topological polar surface area (TPSA) is 46.5 Å². The van der Waals surface area contributed by atoms with E-state index in [1.54, 1.807) is 12.1 Å². The first kappa shape index (κ1) is 19.6. The number of esters is 1. The van der Waals surface area contributed by atoms with Gasteiger partial charge in [0, 0.05) is 12.0 Å². The lowest BCUT2D eigenvalue weighted by Crippen LogP contribution is -2.28. The van der Waals surface area contributed by atoms with Crippen LogP contribution in [0.2, 0.25) is 0 Å². The SMILES string of the molecule is CCCCCc1ccc(C(O)c2ccc3c(c2F)C(=O)OC(CC)C3)cc1. The van der Waals surface area contributed by atoms with Crippen LogP contribution >= 0.6 is 0 Å². The van der Waals surface area contributed by atoms with Crippen LogP contribution in [-0.2, 0) is 17.6 Å². The first-order valence-corrected chi connectivity index (χ1v) is 9.84. The molecule has 1 aliphatic rings. The fourth-order valence-corrected chi connectivity index (χ4v) is 3.58. The maximum absolute atomic E-state index is 15.0. The van der Waals surface area contributed by atoms with Crippen molar-refractivity contribution in [3.05, 3.63) is 70.0 Å². The maximum atomic E-state index is 15.0. The Bertz CT molecular complexity index is 798. The molecule has 0 aliphatic carbocycles. The van der Waals surface area contributed by atoms with Gasteiger partial charge < -0.3 is 9.84 Å². The standard InChI is InChI=1S/C23H27FO3/c1-3-5-6-7-15-8-10-16(11-9-15)22(25)19-13-12-17-14-18(4-2)27-23(26)20(17)21(19)24/h8-13,18,22,25H,3-7,14H2,1-2H3. The van der Waals surface area contributed by atoms with Crippen molar-refractivity contribution in [3.8, 4) is 0 Å². The number of cyclic esters (lactones) is 1. The zero-order chi connectivity index (χ0) is 19.4. The number of fused-ring (bicyclic) bond motifs is 1. The van der Waals surface area contributed by atoms with Crippen LogP contribution in [0.4, 0.5) is 4.39 Å². The molecule has 2 aromatic rings. The number of hydrogen-bond acceptors (Lipinski definition) is 3. The lowest BCUT2D eigenvalue weighted by atomic mass is 9.91. The van der Waals surface area contributed by atoms with Gasteiger partial charge >= 0.3 is 5.97 Å². The molecule has 144 valence electrons. The van der Waals surface area contributed by atoms with E-state index in [2.05, 4.69) is 6.92 Å². The predicted molar refractivity (Wildman–Crippen MR) is 103 cm³/mol. The highest BCUT2D eigenvalue weighted by molar-refractivity contribution is 5.93. The Balaban J connectivity index is 1.82. The Labute approximate surface area is 160 Å². The van der Waals surface area contributed by atoms with E-state index in [0.29, 0.717) is 24.0 Å². The summed E-state index contributed by atoms with van der Waals surface area (Å²) in [5, 5.41) is 10.7. The Morgan fingerprint density at radius 1 is 1.15 bits per heavy atom. The summed E-state index contributed by atoms with van der Waals surface area (Å²) in [5.41, 5.74) is 2.55. The van der Waals surface area contributed by atoms with E-state index in [1.807, 2.05) is 31.2 Å². The summed E-state index contributed by atoms with van der Waals surface area (Å²) in [4.78, 5) is 12.2. The summed E-state index contributed by atoms with van der Waals surface area (Å²) >= 11 is 0. The normalized spacial score (nSPS) is 17.3. The third-order valence-corrected chi connectivity index (χ3v) is 5.30. The van der Waals surface area contributed by atoms with Crippen LogP contribution in [0.15, 0.2) is 36.4 Å². The van der Waals surface area contributed by atoms with Gasteiger partial charge in [0.25, 0.3) is 0 Å². The van der Waals surface area contributed by atoms with Gasteiger partial charge in [-0.2, -0.15) is 0 Å². The zero-order valence-corrected chi connectivity index (χ0v) is 16.0. The molecule has 2 unspecified atom stereocenters. The van der Waals surface area contributed by atoms with E-state index in [-0.39, 0.29) is 17.2 Å². The number of benzene rings is 2. The zero-order valence-electron chi connectivity index (χ0n) is 16.0. The Morgan fingerprint density at radius 2 is 1.89 bits per heavy atom. The number of halogens is 1. The maximum Gasteiger partial charge on any atom is 0.341 e. The van der Waals surface area contributed by atoms with Gasteiger partial charge in [-0.3, -0.25) is 0 Å². The van der Waals surface area contributed by atoms with E-state index < -0.39 is 17.9 Å². The number of aliphatic hydroxyl groups is 1. The van der Waals surface area contributed by atoms with E-state index in [0.717, 1.165) is 12.8 Å². The highest BCUT2D eigenvalue weighted by Gasteiger charge is 2.31. The van der Waals surface area contributed by atoms with Crippen LogP contribution in [0.1, 0.15) is 78.2 Å². The van der Waals surface area contributed by atoms with Gasteiger partial charge in [-0.05, 0) is 36.0 Å². The van der Waals surface area contributed by atoms with Crippen molar-refractivity contribution in [3.63, 3.8) is 0 Å².